The van der Waals surface area contributed by atoms with Gasteiger partial charge in [-0.1, -0.05) is 24.3 Å². The van der Waals surface area contributed by atoms with E-state index in [1.165, 1.54) is 23.7 Å². The first-order chi connectivity index (χ1) is 18.3. The highest BCUT2D eigenvalue weighted by Gasteiger charge is 2.34. The summed E-state index contributed by atoms with van der Waals surface area (Å²) in [6, 6.07) is 14.5. The van der Waals surface area contributed by atoms with Gasteiger partial charge in [0.25, 0.3) is 11.5 Å². The van der Waals surface area contributed by atoms with Crippen LogP contribution in [0.25, 0.3) is 5.69 Å². The molecule has 0 bridgehead atoms. The van der Waals surface area contributed by atoms with E-state index in [1.807, 2.05) is 26.0 Å². The number of hydrogen-bond donors (Lipinski definition) is 1. The minimum absolute atomic E-state index is 0.0693. The second kappa shape index (κ2) is 11.4. The first-order valence-electron chi connectivity index (χ1n) is 12.3. The van der Waals surface area contributed by atoms with Crippen molar-refractivity contribution in [3.63, 3.8) is 0 Å². The van der Waals surface area contributed by atoms with Crippen LogP contribution in [0.3, 0.4) is 0 Å². The number of nitriles is 1. The van der Waals surface area contributed by atoms with Crippen LogP contribution < -0.4 is 15.0 Å². The van der Waals surface area contributed by atoms with Crippen LogP contribution in [0.4, 0.5) is 0 Å². The molecule has 4 rings (SSSR count). The zero-order chi connectivity index (χ0) is 27.4. The molecule has 10 nitrogen and oxygen atoms in total. The molecule has 0 spiro atoms. The molecule has 1 N–H and O–H groups in total. The van der Waals surface area contributed by atoms with E-state index in [0.29, 0.717) is 36.6 Å². The first kappa shape index (κ1) is 26.7. The molecule has 1 atom stereocenters. The zero-order valence-electron chi connectivity index (χ0n) is 21.8. The number of nitrogens with zero attached hydrogens (tertiary/aromatic N) is 4. The maximum Gasteiger partial charge on any atom is 0.275 e. The molecule has 1 fully saturated rings. The summed E-state index contributed by atoms with van der Waals surface area (Å²) < 4.78 is 17.9. The Balaban J connectivity index is 1.80. The number of ether oxygens (including phenoxy) is 3. The number of rotatable bonds is 8. The molecular formula is C28H30N4O6. The molecule has 1 aliphatic rings. The summed E-state index contributed by atoms with van der Waals surface area (Å²) in [5, 5.41) is 20.3. The number of amides is 1. The van der Waals surface area contributed by atoms with E-state index in [-0.39, 0.29) is 30.1 Å². The van der Waals surface area contributed by atoms with Crippen LogP contribution in [0, 0.1) is 11.3 Å². The minimum Gasteiger partial charge on any atom is -0.494 e. The monoisotopic (exact) mass is 518 g/mol. The van der Waals surface area contributed by atoms with Gasteiger partial charge in [-0.15, -0.1) is 0 Å². The molecular weight excluding hydrogens is 488 g/mol. The summed E-state index contributed by atoms with van der Waals surface area (Å²) in [5.74, 6) is -0.665. The molecule has 3 aromatic rings. The van der Waals surface area contributed by atoms with Crippen LogP contribution in [-0.2, 0) is 11.3 Å². The Kier molecular flexibility index (Phi) is 7.98. The maximum absolute atomic E-state index is 13.9. The number of carbonyl (C=O) groups excluding carboxylic acids is 1. The Morgan fingerprint density at radius 2 is 1.84 bits per heavy atom. The molecule has 0 aliphatic carbocycles. The van der Waals surface area contributed by atoms with E-state index in [1.54, 1.807) is 30.3 Å². The summed E-state index contributed by atoms with van der Waals surface area (Å²) in [4.78, 5) is 33.3. The third kappa shape index (κ3) is 5.06. The van der Waals surface area contributed by atoms with E-state index in [2.05, 4.69) is 11.1 Å². The Hall–Kier alpha value is -4.36. The fourth-order valence-electron chi connectivity index (χ4n) is 4.67. The van der Waals surface area contributed by atoms with Gasteiger partial charge in [0, 0.05) is 19.0 Å². The van der Waals surface area contributed by atoms with Crippen LogP contribution in [0.5, 0.6) is 17.4 Å². The van der Waals surface area contributed by atoms with Gasteiger partial charge in [-0.05, 0) is 44.0 Å². The Labute approximate surface area is 220 Å². The molecule has 2 heterocycles. The summed E-state index contributed by atoms with van der Waals surface area (Å²) in [6.07, 6.45) is 0.439. The number of aromatic nitrogens is 2. The second-order valence-electron chi connectivity index (χ2n) is 9.17. The van der Waals surface area contributed by atoms with Crippen molar-refractivity contribution in [2.24, 2.45) is 0 Å². The smallest absolute Gasteiger partial charge is 0.275 e. The molecule has 1 unspecified atom stereocenters. The molecule has 1 saturated heterocycles. The number of methoxy groups -OCH3 is 2. The minimum atomic E-state index is -0.770. The highest BCUT2D eigenvalue weighted by atomic mass is 16.5. The van der Waals surface area contributed by atoms with Crippen LogP contribution >= 0.6 is 0 Å². The van der Waals surface area contributed by atoms with Crippen molar-refractivity contribution in [1.29, 1.82) is 5.26 Å². The number of aromatic hydroxyl groups is 1. The van der Waals surface area contributed by atoms with Gasteiger partial charge in [0.15, 0.2) is 5.56 Å². The SMILES string of the molecule is COc1cccc(OC)c1-n1c(COC(C)C)nc(O)c(C(=O)N2CCC(c3ccccc3C#N)C2)c1=O. The van der Waals surface area contributed by atoms with Gasteiger partial charge in [0.1, 0.15) is 29.6 Å². The van der Waals surface area contributed by atoms with Crippen molar-refractivity contribution in [2.75, 3.05) is 27.3 Å². The average Bonchev–Trinajstić information content (AvgIpc) is 3.41. The Morgan fingerprint density at radius 3 is 2.47 bits per heavy atom. The first-order valence-corrected chi connectivity index (χ1v) is 12.3. The van der Waals surface area contributed by atoms with Gasteiger partial charge in [-0.25, -0.2) is 0 Å². The van der Waals surface area contributed by atoms with Crippen molar-refractivity contribution in [3.05, 3.63) is 75.3 Å². The predicted octanol–water partition coefficient (Wildman–Crippen LogP) is 3.38. The highest BCUT2D eigenvalue weighted by Crippen LogP contribution is 2.34. The standard InChI is InChI=1S/C28H30N4O6/c1-17(2)38-16-23-30-26(33)24(28(35)32(23)25-21(36-3)10-7-11-22(25)37-4)27(34)31-13-12-19(15-31)20-9-6-5-8-18(20)14-29/h5-11,17,19,33H,12-13,15-16H2,1-4H3. The lowest BCUT2D eigenvalue weighted by Gasteiger charge is -2.21. The van der Waals surface area contributed by atoms with E-state index < -0.39 is 22.9 Å². The normalized spacial score (nSPS) is 14.9. The Morgan fingerprint density at radius 1 is 1.16 bits per heavy atom. The van der Waals surface area contributed by atoms with Gasteiger partial charge in [-0.2, -0.15) is 10.2 Å². The van der Waals surface area contributed by atoms with Crippen LogP contribution in [-0.4, -0.2) is 58.9 Å². The van der Waals surface area contributed by atoms with Crippen LogP contribution in [0.15, 0.2) is 47.3 Å². The summed E-state index contributed by atoms with van der Waals surface area (Å²) in [5.41, 5.74) is 0.420. The van der Waals surface area contributed by atoms with Crippen molar-refractivity contribution in [1.82, 2.24) is 14.5 Å². The average molecular weight is 519 g/mol. The lowest BCUT2D eigenvalue weighted by Crippen LogP contribution is -2.37. The number of carbonyl (C=O) groups is 1. The molecule has 1 amide bonds. The number of likely N-dealkylation sites (tertiary alicyclic amines) is 1. The van der Waals surface area contributed by atoms with Crippen LogP contribution in [0.2, 0.25) is 0 Å². The molecule has 2 aromatic carbocycles. The fourth-order valence-corrected chi connectivity index (χ4v) is 4.67. The van der Waals surface area contributed by atoms with Crippen molar-refractivity contribution in [3.8, 4) is 29.1 Å². The summed E-state index contributed by atoms with van der Waals surface area (Å²) in [6.45, 7) is 4.22. The maximum atomic E-state index is 13.9. The topological polar surface area (TPSA) is 127 Å². The van der Waals surface area contributed by atoms with Gasteiger partial charge in [-0.3, -0.25) is 14.2 Å². The molecule has 1 aromatic heterocycles. The van der Waals surface area contributed by atoms with Crippen molar-refractivity contribution >= 4 is 5.91 Å². The molecule has 0 radical (unpaired) electrons. The van der Waals surface area contributed by atoms with Crippen LogP contribution in [0.1, 0.15) is 53.5 Å². The van der Waals surface area contributed by atoms with Gasteiger partial charge in [0.05, 0.1) is 32.0 Å². The van der Waals surface area contributed by atoms with E-state index in [4.69, 9.17) is 14.2 Å². The second-order valence-corrected chi connectivity index (χ2v) is 9.17. The fraction of sp³-hybridized carbons (Fsp3) is 0.357. The lowest BCUT2D eigenvalue weighted by atomic mass is 9.94. The third-order valence-corrected chi connectivity index (χ3v) is 6.52. The number of benzene rings is 2. The molecule has 10 heteroatoms. The van der Waals surface area contributed by atoms with Gasteiger partial charge < -0.3 is 24.2 Å². The highest BCUT2D eigenvalue weighted by molar-refractivity contribution is 5.96. The molecule has 0 saturated carbocycles. The predicted molar refractivity (Wildman–Crippen MR) is 139 cm³/mol. The van der Waals surface area contributed by atoms with Gasteiger partial charge >= 0.3 is 0 Å². The van der Waals surface area contributed by atoms with E-state index in [9.17, 15) is 20.0 Å². The van der Waals surface area contributed by atoms with Crippen molar-refractivity contribution in [2.45, 2.75) is 38.9 Å². The molecule has 38 heavy (non-hydrogen) atoms. The van der Waals surface area contributed by atoms with Gasteiger partial charge in [0.2, 0.25) is 5.88 Å². The zero-order valence-corrected chi connectivity index (χ0v) is 21.8. The number of para-hydroxylation sites is 1. The number of hydrogen-bond acceptors (Lipinski definition) is 8. The third-order valence-electron chi connectivity index (χ3n) is 6.52. The molecule has 198 valence electrons. The lowest BCUT2D eigenvalue weighted by molar-refractivity contribution is 0.0591. The summed E-state index contributed by atoms with van der Waals surface area (Å²) >= 11 is 0. The van der Waals surface area contributed by atoms with E-state index >= 15 is 0 Å². The Bertz CT molecular complexity index is 1420. The van der Waals surface area contributed by atoms with Crippen molar-refractivity contribution < 1.29 is 24.1 Å². The quantitative estimate of drug-likeness (QED) is 0.481. The summed E-state index contributed by atoms with van der Waals surface area (Å²) in [7, 11) is 2.91. The largest absolute Gasteiger partial charge is 0.494 e. The van der Waals surface area contributed by atoms with E-state index in [0.717, 1.165) is 5.56 Å². The molecule has 1 aliphatic heterocycles.